The summed E-state index contributed by atoms with van der Waals surface area (Å²) in [5, 5.41) is 9.44. The zero-order chi connectivity index (χ0) is 24.0. The number of fused-ring (bicyclic) bond motifs is 3. The Labute approximate surface area is 194 Å². The van der Waals surface area contributed by atoms with Crippen LogP contribution in [0.5, 0.6) is 5.75 Å². The summed E-state index contributed by atoms with van der Waals surface area (Å²) in [4.78, 5) is 11.1. The van der Waals surface area contributed by atoms with Gasteiger partial charge in [-0.25, -0.2) is 4.39 Å². The molecule has 2 aromatic carbocycles. The van der Waals surface area contributed by atoms with Crippen molar-refractivity contribution < 1.29 is 32.2 Å². The monoisotopic (exact) mass is 475 g/mol. The number of alkyl halides is 3. The summed E-state index contributed by atoms with van der Waals surface area (Å²) < 4.78 is 63.9. The molecule has 5 rings (SSSR count). The first-order valence-electron chi connectivity index (χ1n) is 11.6. The fourth-order valence-electron chi connectivity index (χ4n) is 5.57. The van der Waals surface area contributed by atoms with Crippen molar-refractivity contribution in [1.82, 2.24) is 4.57 Å². The van der Waals surface area contributed by atoms with Gasteiger partial charge in [0.2, 0.25) is 0 Å². The van der Waals surface area contributed by atoms with Crippen molar-refractivity contribution in [2.75, 3.05) is 0 Å². The van der Waals surface area contributed by atoms with Crippen molar-refractivity contribution in [2.24, 2.45) is 0 Å². The van der Waals surface area contributed by atoms with E-state index in [1.807, 2.05) is 0 Å². The van der Waals surface area contributed by atoms with Crippen LogP contribution in [-0.4, -0.2) is 15.6 Å². The zero-order valence-electron chi connectivity index (χ0n) is 18.5. The number of hydrogen-bond acceptors (Lipinski definition) is 2. The Hall–Kier alpha value is -3.03. The van der Waals surface area contributed by atoms with Crippen molar-refractivity contribution >= 4 is 16.9 Å². The second kappa shape index (κ2) is 8.64. The third-order valence-corrected chi connectivity index (χ3v) is 7.14. The molecule has 1 N–H and O–H groups in total. The van der Waals surface area contributed by atoms with E-state index in [4.69, 9.17) is 9.84 Å². The number of hydrogen-bond donors (Lipinski definition) is 1. The average molecular weight is 475 g/mol. The first kappa shape index (κ1) is 22.7. The summed E-state index contributed by atoms with van der Waals surface area (Å²) in [5.74, 6) is -1.51. The van der Waals surface area contributed by atoms with Gasteiger partial charge in [-0.3, -0.25) is 4.79 Å². The Morgan fingerprint density at radius 2 is 1.85 bits per heavy atom. The normalized spacial score (nSPS) is 18.5. The van der Waals surface area contributed by atoms with E-state index < -0.39 is 23.5 Å². The number of aryl methyl sites for hydroxylation is 1. The third kappa shape index (κ3) is 4.14. The lowest BCUT2D eigenvalue weighted by molar-refractivity contribution is -0.139. The van der Waals surface area contributed by atoms with E-state index in [0.29, 0.717) is 46.4 Å². The first-order valence-corrected chi connectivity index (χ1v) is 11.6. The molecule has 1 aliphatic carbocycles. The van der Waals surface area contributed by atoms with Gasteiger partial charge in [-0.1, -0.05) is 25.0 Å². The predicted molar refractivity (Wildman–Crippen MR) is 118 cm³/mol. The zero-order valence-corrected chi connectivity index (χ0v) is 18.5. The van der Waals surface area contributed by atoms with E-state index in [9.17, 15) is 18.0 Å². The summed E-state index contributed by atoms with van der Waals surface area (Å²) in [6, 6.07) is 9.32. The number of halogens is 4. The van der Waals surface area contributed by atoms with Crippen LogP contribution in [0, 0.1) is 5.82 Å². The van der Waals surface area contributed by atoms with Crippen LogP contribution in [0.2, 0.25) is 0 Å². The molecule has 3 aromatic rings. The highest BCUT2D eigenvalue weighted by atomic mass is 19.4. The molecule has 1 fully saturated rings. The van der Waals surface area contributed by atoms with Gasteiger partial charge in [0, 0.05) is 17.8 Å². The van der Waals surface area contributed by atoms with E-state index in [2.05, 4.69) is 0 Å². The standard InChI is InChI=1S/C26H25F4NO3/c27-24-20-13-18(6-8-22(20)31-10-9-17(25(24)31)12-23(32)33)34-14-15-5-7-19(16-3-1-2-4-16)21(11-15)26(28,29)30/h5-8,11,13,16-17H,1-4,9-10,12,14H2,(H,32,33). The SMILES string of the molecule is O=C(O)CC1CCn2c1c(F)c1cc(OCc3ccc(C4CCCC4)c(C(F)(F)F)c3)ccc12. The number of carboxylic acids is 1. The number of aliphatic carboxylic acids is 1. The Morgan fingerprint density at radius 1 is 1.09 bits per heavy atom. The second-order valence-corrected chi connectivity index (χ2v) is 9.30. The fraction of sp³-hybridized carbons (Fsp3) is 0.423. The van der Waals surface area contributed by atoms with Gasteiger partial charge in [-0.05, 0) is 60.6 Å². The molecule has 0 saturated heterocycles. The summed E-state index contributed by atoms with van der Waals surface area (Å²) in [6.45, 7) is 0.470. The lowest BCUT2D eigenvalue weighted by Gasteiger charge is -2.19. The van der Waals surface area contributed by atoms with Gasteiger partial charge in [-0.15, -0.1) is 0 Å². The number of aromatic nitrogens is 1. The molecule has 8 heteroatoms. The minimum atomic E-state index is -4.43. The summed E-state index contributed by atoms with van der Waals surface area (Å²) in [7, 11) is 0. The van der Waals surface area contributed by atoms with Gasteiger partial charge >= 0.3 is 12.1 Å². The molecule has 0 amide bonds. The maximum Gasteiger partial charge on any atom is 0.416 e. The molecule has 2 heterocycles. The van der Waals surface area contributed by atoms with Gasteiger partial charge in [-0.2, -0.15) is 13.2 Å². The van der Waals surface area contributed by atoms with Gasteiger partial charge in [0.15, 0.2) is 5.82 Å². The predicted octanol–water partition coefficient (Wildman–Crippen LogP) is 7.00. The van der Waals surface area contributed by atoms with Crippen molar-refractivity contribution in [1.29, 1.82) is 0 Å². The highest BCUT2D eigenvalue weighted by molar-refractivity contribution is 5.84. The molecule has 4 nitrogen and oxygen atoms in total. The molecule has 1 unspecified atom stereocenters. The van der Waals surface area contributed by atoms with E-state index in [1.165, 1.54) is 6.07 Å². The number of carbonyl (C=O) groups is 1. The largest absolute Gasteiger partial charge is 0.489 e. The van der Waals surface area contributed by atoms with Gasteiger partial charge in [0.05, 0.1) is 23.2 Å². The van der Waals surface area contributed by atoms with Crippen LogP contribution in [0.1, 0.15) is 72.7 Å². The number of nitrogens with zero attached hydrogens (tertiary/aromatic N) is 1. The molecule has 0 radical (unpaired) electrons. The quantitative estimate of drug-likeness (QED) is 0.391. The lowest BCUT2D eigenvalue weighted by Crippen LogP contribution is -2.12. The van der Waals surface area contributed by atoms with Crippen molar-refractivity contribution in [2.45, 2.75) is 69.7 Å². The Bertz CT molecular complexity index is 1240. The highest BCUT2D eigenvalue weighted by Gasteiger charge is 2.36. The van der Waals surface area contributed by atoms with E-state index in [-0.39, 0.29) is 24.9 Å². The van der Waals surface area contributed by atoms with Crippen LogP contribution >= 0.6 is 0 Å². The second-order valence-electron chi connectivity index (χ2n) is 9.30. The summed E-state index contributed by atoms with van der Waals surface area (Å²) in [6.07, 6.45) is -0.534. The number of rotatable bonds is 6. The summed E-state index contributed by atoms with van der Waals surface area (Å²) >= 11 is 0. The molecule has 34 heavy (non-hydrogen) atoms. The average Bonchev–Trinajstić information content (AvgIpc) is 3.51. The van der Waals surface area contributed by atoms with E-state index >= 15 is 4.39 Å². The third-order valence-electron chi connectivity index (χ3n) is 7.14. The van der Waals surface area contributed by atoms with Crippen LogP contribution < -0.4 is 4.74 Å². The smallest absolute Gasteiger partial charge is 0.416 e. The molecule has 0 spiro atoms. The van der Waals surface area contributed by atoms with Crippen LogP contribution in [0.25, 0.3) is 10.9 Å². The maximum atomic E-state index is 15.2. The topological polar surface area (TPSA) is 51.5 Å². The lowest BCUT2D eigenvalue weighted by atomic mass is 9.91. The van der Waals surface area contributed by atoms with E-state index in [1.54, 1.807) is 28.8 Å². The molecule has 1 saturated carbocycles. The minimum Gasteiger partial charge on any atom is -0.489 e. The molecule has 180 valence electrons. The van der Waals surface area contributed by atoms with Gasteiger partial charge < -0.3 is 14.4 Å². The van der Waals surface area contributed by atoms with Crippen molar-refractivity contribution in [3.8, 4) is 5.75 Å². The minimum absolute atomic E-state index is 0.0567. The van der Waals surface area contributed by atoms with Crippen LogP contribution in [0.4, 0.5) is 17.6 Å². The summed E-state index contributed by atoms with van der Waals surface area (Å²) in [5.41, 5.74) is 1.21. The van der Waals surface area contributed by atoms with Gasteiger partial charge in [0.1, 0.15) is 12.4 Å². The molecular formula is C26H25F4NO3. The highest BCUT2D eigenvalue weighted by Crippen LogP contribution is 2.42. The fourth-order valence-corrected chi connectivity index (χ4v) is 5.57. The number of ether oxygens (including phenoxy) is 1. The Balaban J connectivity index is 1.38. The number of benzene rings is 2. The Kier molecular flexibility index (Phi) is 5.78. The van der Waals surface area contributed by atoms with Crippen molar-refractivity contribution in [3.63, 3.8) is 0 Å². The van der Waals surface area contributed by atoms with Crippen LogP contribution in [0.3, 0.4) is 0 Å². The maximum absolute atomic E-state index is 15.2. The molecular weight excluding hydrogens is 450 g/mol. The van der Waals surface area contributed by atoms with Crippen LogP contribution in [-0.2, 0) is 24.1 Å². The molecule has 1 aliphatic heterocycles. The Morgan fingerprint density at radius 3 is 2.56 bits per heavy atom. The molecule has 1 atom stereocenters. The first-order chi connectivity index (χ1) is 16.2. The van der Waals surface area contributed by atoms with Crippen molar-refractivity contribution in [3.05, 3.63) is 64.6 Å². The number of carboxylic acid groups (broad SMARTS) is 1. The molecule has 0 bridgehead atoms. The van der Waals surface area contributed by atoms with Gasteiger partial charge in [0.25, 0.3) is 0 Å². The molecule has 2 aliphatic rings. The van der Waals surface area contributed by atoms with Crippen LogP contribution in [0.15, 0.2) is 36.4 Å². The van der Waals surface area contributed by atoms with E-state index in [0.717, 1.165) is 31.7 Å². The molecule has 1 aromatic heterocycles.